The van der Waals surface area contributed by atoms with Crippen LogP contribution in [0.3, 0.4) is 0 Å². The lowest BCUT2D eigenvalue weighted by Gasteiger charge is -2.12. The number of allylic oxidation sites excluding steroid dienone is 2. The minimum absolute atomic E-state index is 0. The lowest BCUT2D eigenvalue weighted by Crippen LogP contribution is -2.30. The molecule has 1 aromatic rings. The van der Waals surface area contributed by atoms with Gasteiger partial charge in [-0.3, -0.25) is 4.79 Å². The molecule has 3 nitrogen and oxygen atoms in total. The third-order valence-corrected chi connectivity index (χ3v) is 5.44. The molecule has 31 heavy (non-hydrogen) atoms. The summed E-state index contributed by atoms with van der Waals surface area (Å²) >= 11 is 0. The lowest BCUT2D eigenvalue weighted by atomic mass is 10.1. The summed E-state index contributed by atoms with van der Waals surface area (Å²) in [6.45, 7) is 2.57. The number of esters is 1. The summed E-state index contributed by atoms with van der Waals surface area (Å²) in [5.41, 5.74) is 7.24. The number of halogens is 1. The van der Waals surface area contributed by atoms with Gasteiger partial charge in [-0.2, -0.15) is 0 Å². The van der Waals surface area contributed by atoms with Crippen molar-refractivity contribution in [3.05, 3.63) is 48.0 Å². The molecule has 0 saturated carbocycles. The van der Waals surface area contributed by atoms with Gasteiger partial charge in [-0.15, -0.1) is 12.4 Å². The average molecular weight is 452 g/mol. The van der Waals surface area contributed by atoms with Gasteiger partial charge in [-0.25, -0.2) is 0 Å². The first kappa shape index (κ1) is 29.7. The first-order valence-corrected chi connectivity index (χ1v) is 12.3. The van der Waals surface area contributed by atoms with Gasteiger partial charge in [-0.1, -0.05) is 101 Å². The molecular formula is C27H46ClNO2. The third-order valence-electron chi connectivity index (χ3n) is 5.44. The first-order valence-electron chi connectivity index (χ1n) is 12.3. The highest BCUT2D eigenvalue weighted by molar-refractivity contribution is 5.85. The molecule has 1 unspecified atom stereocenters. The van der Waals surface area contributed by atoms with Gasteiger partial charge in [0.25, 0.3) is 0 Å². The fourth-order valence-electron chi connectivity index (χ4n) is 3.59. The molecule has 0 aromatic heterocycles. The minimum atomic E-state index is -0.134. The number of benzene rings is 1. The van der Waals surface area contributed by atoms with Gasteiger partial charge >= 0.3 is 5.97 Å². The SMILES string of the molecule is CCCCCCCC/C=C\CCCCCCCC(=O)OCC(N)Cc1ccccc1.Cl. The number of unbranched alkanes of at least 4 members (excludes halogenated alkanes) is 11. The van der Waals surface area contributed by atoms with Crippen molar-refractivity contribution in [2.75, 3.05) is 6.61 Å². The number of hydrogen-bond donors (Lipinski definition) is 1. The highest BCUT2D eigenvalue weighted by Gasteiger charge is 2.08. The Balaban J connectivity index is 0.00000900. The van der Waals surface area contributed by atoms with Crippen LogP contribution in [0.2, 0.25) is 0 Å². The van der Waals surface area contributed by atoms with E-state index in [9.17, 15) is 4.79 Å². The van der Waals surface area contributed by atoms with Crippen LogP contribution in [0.15, 0.2) is 42.5 Å². The Labute approximate surface area is 197 Å². The van der Waals surface area contributed by atoms with E-state index in [2.05, 4.69) is 19.1 Å². The molecule has 0 spiro atoms. The van der Waals surface area contributed by atoms with Crippen LogP contribution < -0.4 is 5.73 Å². The summed E-state index contributed by atoms with van der Waals surface area (Å²) in [5, 5.41) is 0. The molecule has 178 valence electrons. The van der Waals surface area contributed by atoms with Crippen molar-refractivity contribution in [1.29, 1.82) is 0 Å². The molecule has 2 N–H and O–H groups in total. The van der Waals surface area contributed by atoms with E-state index in [1.54, 1.807) is 0 Å². The molecule has 0 saturated heterocycles. The van der Waals surface area contributed by atoms with Crippen molar-refractivity contribution in [3.63, 3.8) is 0 Å². The summed E-state index contributed by atoms with van der Waals surface area (Å²) in [4.78, 5) is 11.8. The molecule has 4 heteroatoms. The first-order chi connectivity index (χ1) is 14.7. The fraction of sp³-hybridized carbons (Fsp3) is 0.667. The van der Waals surface area contributed by atoms with Gasteiger partial charge in [-0.05, 0) is 44.1 Å². The monoisotopic (exact) mass is 451 g/mol. The van der Waals surface area contributed by atoms with Crippen LogP contribution in [-0.2, 0) is 16.0 Å². The molecule has 0 fully saturated rings. The van der Waals surface area contributed by atoms with Crippen LogP contribution >= 0.6 is 12.4 Å². The Hall–Kier alpha value is -1.32. The molecule has 0 bridgehead atoms. The zero-order valence-corrected chi connectivity index (χ0v) is 20.6. The molecular weight excluding hydrogens is 406 g/mol. The number of hydrogen-bond acceptors (Lipinski definition) is 3. The average Bonchev–Trinajstić information content (AvgIpc) is 2.75. The molecule has 0 radical (unpaired) electrons. The Morgan fingerprint density at radius 1 is 0.871 bits per heavy atom. The van der Waals surface area contributed by atoms with E-state index in [1.807, 2.05) is 30.3 Å². The minimum Gasteiger partial charge on any atom is -0.464 e. The van der Waals surface area contributed by atoms with Crippen LogP contribution in [0.25, 0.3) is 0 Å². The number of nitrogens with two attached hydrogens (primary N) is 1. The zero-order valence-electron chi connectivity index (χ0n) is 19.7. The van der Waals surface area contributed by atoms with Crippen LogP contribution in [0.4, 0.5) is 0 Å². The second kappa shape index (κ2) is 21.9. The van der Waals surface area contributed by atoms with Gasteiger partial charge in [0.15, 0.2) is 0 Å². The fourth-order valence-corrected chi connectivity index (χ4v) is 3.59. The maximum atomic E-state index is 11.8. The van der Waals surface area contributed by atoms with E-state index in [-0.39, 0.29) is 24.4 Å². The summed E-state index contributed by atoms with van der Waals surface area (Å²) in [6.07, 6.45) is 22.4. The molecule has 0 aliphatic rings. The van der Waals surface area contributed by atoms with Gasteiger partial charge in [0.05, 0.1) is 0 Å². The number of carbonyl (C=O) groups is 1. The van der Waals surface area contributed by atoms with Gasteiger partial charge < -0.3 is 10.5 Å². The van der Waals surface area contributed by atoms with Crippen molar-refractivity contribution >= 4 is 18.4 Å². The highest BCUT2D eigenvalue weighted by Crippen LogP contribution is 2.10. The molecule has 0 amide bonds. The second-order valence-corrected chi connectivity index (χ2v) is 8.47. The van der Waals surface area contributed by atoms with Crippen molar-refractivity contribution in [3.8, 4) is 0 Å². The largest absolute Gasteiger partial charge is 0.464 e. The zero-order chi connectivity index (χ0) is 21.7. The summed E-state index contributed by atoms with van der Waals surface area (Å²) in [5.74, 6) is -0.115. The van der Waals surface area contributed by atoms with E-state index >= 15 is 0 Å². The van der Waals surface area contributed by atoms with E-state index < -0.39 is 0 Å². The second-order valence-electron chi connectivity index (χ2n) is 8.47. The number of ether oxygens (including phenoxy) is 1. The lowest BCUT2D eigenvalue weighted by molar-refractivity contribution is -0.144. The van der Waals surface area contributed by atoms with Crippen molar-refractivity contribution in [2.24, 2.45) is 5.73 Å². The molecule has 0 heterocycles. The molecule has 1 atom stereocenters. The normalized spacial score (nSPS) is 11.9. The number of rotatable bonds is 19. The Bertz CT molecular complexity index is 547. The summed E-state index contributed by atoms with van der Waals surface area (Å²) in [7, 11) is 0. The standard InChI is InChI=1S/C27H45NO2.ClH/c1-2-3-4-5-6-7-8-9-10-11-12-13-14-15-19-22-27(29)30-24-26(28)23-25-20-17-16-18-21-25;/h9-10,16-18,20-21,26H,2-8,11-15,19,22-24,28H2,1H3;1H/b10-9-;. The smallest absolute Gasteiger partial charge is 0.305 e. The van der Waals surface area contributed by atoms with Gasteiger partial charge in [0, 0.05) is 12.5 Å². The summed E-state index contributed by atoms with van der Waals surface area (Å²) in [6, 6.07) is 9.95. The van der Waals surface area contributed by atoms with Crippen LogP contribution in [0.1, 0.15) is 102 Å². The molecule has 0 aliphatic carbocycles. The number of carbonyl (C=O) groups excluding carboxylic acids is 1. The third kappa shape index (κ3) is 19.1. The van der Waals surface area contributed by atoms with Crippen LogP contribution in [-0.4, -0.2) is 18.6 Å². The van der Waals surface area contributed by atoms with Crippen molar-refractivity contribution < 1.29 is 9.53 Å². The maximum Gasteiger partial charge on any atom is 0.305 e. The summed E-state index contributed by atoms with van der Waals surface area (Å²) < 4.78 is 5.32. The van der Waals surface area contributed by atoms with Crippen molar-refractivity contribution in [2.45, 2.75) is 109 Å². The van der Waals surface area contributed by atoms with Crippen LogP contribution in [0, 0.1) is 0 Å². The van der Waals surface area contributed by atoms with E-state index in [0.29, 0.717) is 13.0 Å². The predicted octanol–water partition coefficient (Wildman–Crippen LogP) is 7.56. The van der Waals surface area contributed by atoms with Gasteiger partial charge in [0.1, 0.15) is 6.61 Å². The Morgan fingerprint density at radius 2 is 1.42 bits per heavy atom. The van der Waals surface area contributed by atoms with Gasteiger partial charge in [0.2, 0.25) is 0 Å². The van der Waals surface area contributed by atoms with E-state index in [4.69, 9.17) is 10.5 Å². The maximum absolute atomic E-state index is 11.8. The van der Waals surface area contributed by atoms with Crippen molar-refractivity contribution in [1.82, 2.24) is 0 Å². The highest BCUT2D eigenvalue weighted by atomic mass is 35.5. The Morgan fingerprint density at radius 3 is 2.03 bits per heavy atom. The topological polar surface area (TPSA) is 52.3 Å². The van der Waals surface area contributed by atoms with E-state index in [0.717, 1.165) is 19.3 Å². The van der Waals surface area contributed by atoms with Crippen LogP contribution in [0.5, 0.6) is 0 Å². The quantitative estimate of drug-likeness (QED) is 0.134. The van der Waals surface area contributed by atoms with E-state index in [1.165, 1.54) is 76.2 Å². The molecule has 1 aromatic carbocycles. The molecule has 0 aliphatic heterocycles. The Kier molecular flexibility index (Phi) is 21.0. The molecule has 1 rings (SSSR count). The predicted molar refractivity (Wildman–Crippen MR) is 136 cm³/mol.